The van der Waals surface area contributed by atoms with Crippen LogP contribution in [0.3, 0.4) is 0 Å². The Balaban J connectivity index is 1.39. The van der Waals surface area contributed by atoms with Gasteiger partial charge in [0.15, 0.2) is 11.0 Å². The summed E-state index contributed by atoms with van der Waals surface area (Å²) in [4.78, 5) is 25.7. The third-order valence-electron chi connectivity index (χ3n) is 6.12. The second-order valence-corrected chi connectivity index (χ2v) is 10.7. The van der Waals surface area contributed by atoms with Gasteiger partial charge in [-0.25, -0.2) is 0 Å². The van der Waals surface area contributed by atoms with Crippen molar-refractivity contribution < 1.29 is 9.59 Å². The lowest BCUT2D eigenvalue weighted by atomic mass is 10.0. The van der Waals surface area contributed by atoms with Crippen molar-refractivity contribution in [3.8, 4) is 0 Å². The lowest BCUT2D eigenvalue weighted by Crippen LogP contribution is -2.33. The molecule has 210 valence electrons. The van der Waals surface area contributed by atoms with Gasteiger partial charge in [-0.1, -0.05) is 67.6 Å². The molecule has 0 saturated carbocycles. The zero-order valence-electron chi connectivity index (χ0n) is 23.3. The molecule has 0 aliphatic carbocycles. The molecule has 10 heteroatoms. The van der Waals surface area contributed by atoms with Crippen LogP contribution in [0.25, 0.3) is 0 Å². The van der Waals surface area contributed by atoms with E-state index in [0.29, 0.717) is 34.5 Å². The van der Waals surface area contributed by atoms with Crippen LogP contribution in [0.2, 0.25) is 0 Å². The van der Waals surface area contributed by atoms with E-state index in [2.05, 4.69) is 37.6 Å². The molecule has 0 fully saturated rings. The molecule has 9 nitrogen and oxygen atoms in total. The van der Waals surface area contributed by atoms with Crippen molar-refractivity contribution in [2.24, 2.45) is 16.1 Å². The standard InChI is InChI=1S/C31H33N7O2S/c1-5-19-38-29(28(21(2)3)33-30(40)23-13-11-22(4)12-14-23)36-37-31(38)41-20-27(39)32-24-15-17-26(18-16-24)35-34-25-9-7-6-8-10-25/h5-18,21,28H,1,19-20H2,2-4H3,(H,32,39)(H,33,40)/t28-/m1/s1. The van der Waals surface area contributed by atoms with E-state index in [0.717, 1.165) is 11.3 Å². The molecule has 0 saturated heterocycles. The van der Waals surface area contributed by atoms with E-state index in [9.17, 15) is 9.59 Å². The van der Waals surface area contributed by atoms with Crippen molar-refractivity contribution in [2.45, 2.75) is 38.5 Å². The molecule has 1 heterocycles. The maximum absolute atomic E-state index is 13.0. The van der Waals surface area contributed by atoms with E-state index in [4.69, 9.17) is 0 Å². The fraction of sp³-hybridized carbons (Fsp3) is 0.226. The number of thioether (sulfide) groups is 1. The van der Waals surface area contributed by atoms with Gasteiger partial charge in [-0.3, -0.25) is 9.59 Å². The molecule has 2 N–H and O–H groups in total. The van der Waals surface area contributed by atoms with Gasteiger partial charge < -0.3 is 15.2 Å². The Hall–Kier alpha value is -4.57. The lowest BCUT2D eigenvalue weighted by Gasteiger charge is -2.22. The van der Waals surface area contributed by atoms with Crippen LogP contribution in [0.15, 0.2) is 107 Å². The third-order valence-corrected chi connectivity index (χ3v) is 7.09. The summed E-state index contributed by atoms with van der Waals surface area (Å²) in [6.45, 7) is 10.3. The predicted octanol–water partition coefficient (Wildman–Crippen LogP) is 7.05. The average molecular weight is 568 g/mol. The van der Waals surface area contributed by atoms with Gasteiger partial charge in [0.25, 0.3) is 5.91 Å². The number of nitrogens with zero attached hydrogens (tertiary/aromatic N) is 5. The van der Waals surface area contributed by atoms with E-state index in [-0.39, 0.29) is 29.5 Å². The van der Waals surface area contributed by atoms with Crippen LogP contribution >= 0.6 is 11.8 Å². The summed E-state index contributed by atoms with van der Waals surface area (Å²) < 4.78 is 1.89. The van der Waals surface area contributed by atoms with Crippen molar-refractivity contribution in [1.82, 2.24) is 20.1 Å². The molecule has 0 bridgehead atoms. The van der Waals surface area contributed by atoms with Crippen LogP contribution in [0.5, 0.6) is 0 Å². The number of aryl methyl sites for hydroxylation is 1. The number of hydrogen-bond acceptors (Lipinski definition) is 7. The number of azo groups is 1. The molecule has 3 aromatic carbocycles. The molecular weight excluding hydrogens is 534 g/mol. The van der Waals surface area contributed by atoms with Gasteiger partial charge in [-0.15, -0.1) is 16.8 Å². The number of aromatic nitrogens is 3. The van der Waals surface area contributed by atoms with Crippen molar-refractivity contribution in [1.29, 1.82) is 0 Å². The summed E-state index contributed by atoms with van der Waals surface area (Å²) in [5.41, 5.74) is 3.76. The highest BCUT2D eigenvalue weighted by molar-refractivity contribution is 7.99. The second-order valence-electron chi connectivity index (χ2n) is 9.72. The summed E-state index contributed by atoms with van der Waals surface area (Å²) in [5, 5.41) is 23.7. The average Bonchev–Trinajstić information content (AvgIpc) is 3.37. The van der Waals surface area contributed by atoms with Gasteiger partial charge in [-0.05, 0) is 61.4 Å². The van der Waals surface area contributed by atoms with Gasteiger partial charge in [0, 0.05) is 17.8 Å². The molecular formula is C31H33N7O2S. The maximum atomic E-state index is 13.0. The number of benzene rings is 3. The van der Waals surface area contributed by atoms with Crippen LogP contribution in [-0.2, 0) is 11.3 Å². The van der Waals surface area contributed by atoms with Crippen molar-refractivity contribution in [3.63, 3.8) is 0 Å². The molecule has 0 aliphatic heterocycles. The van der Waals surface area contributed by atoms with Crippen LogP contribution < -0.4 is 10.6 Å². The smallest absolute Gasteiger partial charge is 0.251 e. The van der Waals surface area contributed by atoms with E-state index >= 15 is 0 Å². The Labute approximate surface area is 244 Å². The zero-order chi connectivity index (χ0) is 29.2. The quantitative estimate of drug-likeness (QED) is 0.108. The minimum atomic E-state index is -0.378. The highest BCUT2D eigenvalue weighted by atomic mass is 32.2. The molecule has 0 spiro atoms. The number of nitrogens with one attached hydrogen (secondary N) is 2. The molecule has 41 heavy (non-hydrogen) atoms. The topological polar surface area (TPSA) is 114 Å². The van der Waals surface area contributed by atoms with Gasteiger partial charge in [0.1, 0.15) is 0 Å². The van der Waals surface area contributed by atoms with Gasteiger partial charge in [-0.2, -0.15) is 10.2 Å². The number of carbonyl (C=O) groups is 2. The minimum absolute atomic E-state index is 0.0495. The Bertz CT molecular complexity index is 1500. The number of anilines is 1. The molecule has 0 radical (unpaired) electrons. The van der Waals surface area contributed by atoms with Crippen LogP contribution in [-0.4, -0.2) is 32.3 Å². The fourth-order valence-corrected chi connectivity index (χ4v) is 4.70. The van der Waals surface area contributed by atoms with E-state index in [1.165, 1.54) is 11.8 Å². The van der Waals surface area contributed by atoms with Gasteiger partial charge in [0.05, 0.1) is 23.2 Å². The SMILES string of the molecule is C=CCn1c(SCC(=O)Nc2ccc(N=Nc3ccccc3)cc2)nnc1[C@H](NC(=O)c1ccc(C)cc1)C(C)C. The van der Waals surface area contributed by atoms with Crippen molar-refractivity contribution in [3.05, 3.63) is 108 Å². The fourth-order valence-electron chi connectivity index (χ4n) is 3.95. The Morgan fingerprint density at radius 2 is 1.61 bits per heavy atom. The highest BCUT2D eigenvalue weighted by Gasteiger charge is 2.26. The molecule has 0 aliphatic rings. The minimum Gasteiger partial charge on any atom is -0.342 e. The summed E-state index contributed by atoms with van der Waals surface area (Å²) in [5.74, 6) is 0.429. The van der Waals surface area contributed by atoms with E-state index in [1.54, 1.807) is 42.5 Å². The van der Waals surface area contributed by atoms with Crippen molar-refractivity contribution >= 4 is 40.6 Å². The van der Waals surface area contributed by atoms with Crippen LogP contribution in [0.4, 0.5) is 17.1 Å². The number of amides is 2. The first-order chi connectivity index (χ1) is 19.8. The second kappa shape index (κ2) is 14.2. The van der Waals surface area contributed by atoms with E-state index in [1.807, 2.05) is 67.8 Å². The zero-order valence-corrected chi connectivity index (χ0v) is 24.1. The lowest BCUT2D eigenvalue weighted by molar-refractivity contribution is -0.113. The molecule has 1 aromatic heterocycles. The number of hydrogen-bond donors (Lipinski definition) is 2. The summed E-state index contributed by atoms with van der Waals surface area (Å²) in [7, 11) is 0. The molecule has 1 atom stereocenters. The highest BCUT2D eigenvalue weighted by Crippen LogP contribution is 2.26. The first kappa shape index (κ1) is 29.4. The summed E-state index contributed by atoms with van der Waals surface area (Å²) in [6.07, 6.45) is 1.74. The normalized spacial score (nSPS) is 11.9. The predicted molar refractivity (Wildman–Crippen MR) is 163 cm³/mol. The van der Waals surface area contributed by atoms with Gasteiger partial charge in [0.2, 0.25) is 5.91 Å². The van der Waals surface area contributed by atoms with Crippen LogP contribution in [0, 0.1) is 12.8 Å². The first-order valence-corrected chi connectivity index (χ1v) is 14.2. The van der Waals surface area contributed by atoms with Crippen molar-refractivity contribution in [2.75, 3.05) is 11.1 Å². The Morgan fingerprint density at radius 3 is 2.24 bits per heavy atom. The van der Waals surface area contributed by atoms with Crippen LogP contribution in [0.1, 0.15) is 41.6 Å². The first-order valence-electron chi connectivity index (χ1n) is 13.2. The molecule has 0 unspecified atom stereocenters. The summed E-state index contributed by atoms with van der Waals surface area (Å²) >= 11 is 1.27. The number of rotatable bonds is 12. The molecule has 4 rings (SSSR count). The monoisotopic (exact) mass is 567 g/mol. The number of carbonyl (C=O) groups excluding carboxylic acids is 2. The molecule has 4 aromatic rings. The van der Waals surface area contributed by atoms with Gasteiger partial charge >= 0.3 is 0 Å². The Morgan fingerprint density at radius 1 is 0.951 bits per heavy atom. The Kier molecular flexibility index (Phi) is 10.2. The summed E-state index contributed by atoms with van der Waals surface area (Å²) in [6, 6.07) is 23.7. The largest absolute Gasteiger partial charge is 0.342 e. The number of allylic oxidation sites excluding steroid dienone is 1. The maximum Gasteiger partial charge on any atom is 0.251 e. The third kappa shape index (κ3) is 8.21. The molecule has 2 amide bonds. The van der Waals surface area contributed by atoms with E-state index < -0.39 is 0 Å².